The zero-order chi connectivity index (χ0) is 14.5. The minimum absolute atomic E-state index is 0.439. The molecule has 1 aromatic heterocycles. The first-order chi connectivity index (χ1) is 9.54. The monoisotopic (exact) mass is 327 g/mol. The van der Waals surface area contributed by atoms with Gasteiger partial charge >= 0.3 is 0 Å². The van der Waals surface area contributed by atoms with Crippen molar-refractivity contribution in [2.75, 3.05) is 0 Å². The molecule has 0 spiro atoms. The van der Waals surface area contributed by atoms with Gasteiger partial charge in [0, 0.05) is 40.5 Å². The predicted octanol–water partition coefficient (Wildman–Crippen LogP) is 4.43. The van der Waals surface area contributed by atoms with E-state index in [1.165, 1.54) is 11.8 Å². The van der Waals surface area contributed by atoms with E-state index in [1.807, 2.05) is 18.5 Å². The van der Waals surface area contributed by atoms with Gasteiger partial charge in [-0.25, -0.2) is 9.97 Å². The molecule has 0 bridgehead atoms. The number of halogens is 2. The highest BCUT2D eigenvalue weighted by Crippen LogP contribution is 2.33. The van der Waals surface area contributed by atoms with Crippen molar-refractivity contribution >= 4 is 35.0 Å². The summed E-state index contributed by atoms with van der Waals surface area (Å²) in [5, 5.41) is 5.27. The molecule has 2 rings (SSSR count). The van der Waals surface area contributed by atoms with Crippen molar-refractivity contribution in [2.24, 2.45) is 0 Å². The summed E-state index contributed by atoms with van der Waals surface area (Å²) >= 11 is 13.5. The predicted molar refractivity (Wildman–Crippen MR) is 84.6 cm³/mol. The molecule has 0 radical (unpaired) electrons. The van der Waals surface area contributed by atoms with E-state index in [0.717, 1.165) is 17.0 Å². The van der Waals surface area contributed by atoms with Gasteiger partial charge in [-0.3, -0.25) is 0 Å². The number of hydrogen-bond acceptors (Lipinski definition) is 4. The molecule has 2 aromatic rings. The van der Waals surface area contributed by atoms with Crippen LogP contribution >= 0.6 is 35.0 Å². The Morgan fingerprint density at radius 3 is 2.55 bits per heavy atom. The Labute approximate surface area is 133 Å². The summed E-state index contributed by atoms with van der Waals surface area (Å²) in [6.07, 6.45) is 3.65. The molecule has 0 amide bonds. The minimum Gasteiger partial charge on any atom is -0.310 e. The maximum atomic E-state index is 6.12. The first kappa shape index (κ1) is 15.6. The first-order valence-corrected chi connectivity index (χ1v) is 7.79. The van der Waals surface area contributed by atoms with E-state index in [0.29, 0.717) is 21.2 Å². The summed E-state index contributed by atoms with van der Waals surface area (Å²) in [5.41, 5.74) is 1.06. The third-order valence-electron chi connectivity index (χ3n) is 2.49. The third kappa shape index (κ3) is 4.63. The normalized spacial score (nSPS) is 11.1. The number of benzene rings is 1. The van der Waals surface area contributed by atoms with Crippen LogP contribution in [0.1, 0.15) is 19.4 Å². The second kappa shape index (κ2) is 7.27. The molecule has 1 N–H and O–H groups in total. The zero-order valence-corrected chi connectivity index (χ0v) is 13.6. The molecule has 106 valence electrons. The summed E-state index contributed by atoms with van der Waals surface area (Å²) in [7, 11) is 0. The van der Waals surface area contributed by atoms with E-state index < -0.39 is 0 Å². The quantitative estimate of drug-likeness (QED) is 0.824. The number of nitrogens with one attached hydrogen (secondary N) is 1. The van der Waals surface area contributed by atoms with Gasteiger partial charge in [0.25, 0.3) is 0 Å². The van der Waals surface area contributed by atoms with E-state index in [-0.39, 0.29) is 0 Å². The first-order valence-electron chi connectivity index (χ1n) is 6.22. The van der Waals surface area contributed by atoms with E-state index in [9.17, 15) is 0 Å². The van der Waals surface area contributed by atoms with E-state index in [4.69, 9.17) is 23.2 Å². The van der Waals surface area contributed by atoms with Gasteiger partial charge in [-0.2, -0.15) is 0 Å². The third-order valence-corrected chi connectivity index (χ3v) is 4.12. The maximum Gasteiger partial charge on any atom is 0.192 e. The van der Waals surface area contributed by atoms with Gasteiger partial charge < -0.3 is 5.32 Å². The molecule has 3 nitrogen and oxygen atoms in total. The van der Waals surface area contributed by atoms with Gasteiger partial charge in [0.2, 0.25) is 0 Å². The van der Waals surface area contributed by atoms with Crippen molar-refractivity contribution in [1.82, 2.24) is 15.3 Å². The lowest BCUT2D eigenvalue weighted by Gasteiger charge is -2.08. The Morgan fingerprint density at radius 1 is 1.20 bits per heavy atom. The molecular weight excluding hydrogens is 313 g/mol. The summed E-state index contributed by atoms with van der Waals surface area (Å²) < 4.78 is 0. The Hall–Kier alpha value is -0.810. The van der Waals surface area contributed by atoms with Crippen LogP contribution in [0.15, 0.2) is 40.6 Å². The fraction of sp³-hybridized carbons (Fsp3) is 0.286. The van der Waals surface area contributed by atoms with Crippen LogP contribution in [0, 0.1) is 0 Å². The molecule has 1 aromatic carbocycles. The molecule has 0 unspecified atom stereocenters. The van der Waals surface area contributed by atoms with Crippen LogP contribution in [-0.2, 0) is 6.54 Å². The smallest absolute Gasteiger partial charge is 0.192 e. The van der Waals surface area contributed by atoms with Crippen molar-refractivity contribution in [3.05, 3.63) is 46.2 Å². The lowest BCUT2D eigenvalue weighted by atomic mass is 10.3. The van der Waals surface area contributed by atoms with Crippen molar-refractivity contribution in [1.29, 1.82) is 0 Å². The Bertz CT molecular complexity index is 573. The van der Waals surface area contributed by atoms with Gasteiger partial charge in [0.05, 0.1) is 5.02 Å². The highest BCUT2D eigenvalue weighted by Gasteiger charge is 2.06. The maximum absolute atomic E-state index is 6.12. The van der Waals surface area contributed by atoms with Gasteiger partial charge in [-0.05, 0) is 30.0 Å². The molecule has 1 heterocycles. The molecule has 0 fully saturated rings. The molecule has 0 saturated heterocycles. The summed E-state index contributed by atoms with van der Waals surface area (Å²) in [5.74, 6) is 0. The summed E-state index contributed by atoms with van der Waals surface area (Å²) in [6, 6.07) is 5.78. The number of nitrogens with zero attached hydrogens (tertiary/aromatic N) is 2. The van der Waals surface area contributed by atoms with Crippen LogP contribution in [-0.4, -0.2) is 16.0 Å². The van der Waals surface area contributed by atoms with E-state index in [2.05, 4.69) is 29.1 Å². The molecule has 20 heavy (non-hydrogen) atoms. The Morgan fingerprint density at radius 2 is 1.90 bits per heavy atom. The Balaban J connectivity index is 2.05. The number of rotatable bonds is 5. The van der Waals surface area contributed by atoms with Crippen LogP contribution in [0.4, 0.5) is 0 Å². The van der Waals surface area contributed by atoms with Crippen molar-refractivity contribution in [2.45, 2.75) is 36.5 Å². The lowest BCUT2D eigenvalue weighted by molar-refractivity contribution is 0.585. The van der Waals surface area contributed by atoms with Crippen molar-refractivity contribution in [3.63, 3.8) is 0 Å². The fourth-order valence-electron chi connectivity index (χ4n) is 1.46. The molecular formula is C14H15Cl2N3S. The molecule has 0 aliphatic heterocycles. The van der Waals surface area contributed by atoms with Gasteiger partial charge in [0.15, 0.2) is 5.16 Å². The molecule has 6 heteroatoms. The van der Waals surface area contributed by atoms with Crippen LogP contribution < -0.4 is 5.32 Å². The van der Waals surface area contributed by atoms with Crippen LogP contribution in [0.2, 0.25) is 10.0 Å². The highest BCUT2D eigenvalue weighted by molar-refractivity contribution is 7.99. The average Bonchev–Trinajstić information content (AvgIpc) is 2.42. The number of aromatic nitrogens is 2. The lowest BCUT2D eigenvalue weighted by Crippen LogP contribution is -2.21. The molecule has 0 atom stereocenters. The van der Waals surface area contributed by atoms with E-state index in [1.54, 1.807) is 12.1 Å². The van der Waals surface area contributed by atoms with Gasteiger partial charge in [-0.1, -0.05) is 37.0 Å². The second-order valence-corrected chi connectivity index (χ2v) is 6.44. The van der Waals surface area contributed by atoms with Crippen LogP contribution in [0.3, 0.4) is 0 Å². The molecule has 0 aliphatic carbocycles. The number of hydrogen-bond donors (Lipinski definition) is 1. The fourth-order valence-corrected chi connectivity index (χ4v) is 2.69. The zero-order valence-electron chi connectivity index (χ0n) is 11.2. The highest BCUT2D eigenvalue weighted by atomic mass is 35.5. The second-order valence-electron chi connectivity index (χ2n) is 4.59. The Kier molecular flexibility index (Phi) is 5.66. The van der Waals surface area contributed by atoms with Crippen molar-refractivity contribution in [3.8, 4) is 0 Å². The standard InChI is InChI=1S/C14H15Cl2N3S/c1-9(2)17-6-10-7-18-14(19-8-10)20-13-5-11(15)3-4-12(13)16/h3-5,7-9,17H,6H2,1-2H3. The van der Waals surface area contributed by atoms with Crippen LogP contribution in [0.5, 0.6) is 0 Å². The van der Waals surface area contributed by atoms with E-state index >= 15 is 0 Å². The van der Waals surface area contributed by atoms with Crippen LogP contribution in [0.25, 0.3) is 0 Å². The summed E-state index contributed by atoms with van der Waals surface area (Å²) in [4.78, 5) is 9.52. The summed E-state index contributed by atoms with van der Waals surface area (Å²) in [6.45, 7) is 4.97. The SMILES string of the molecule is CC(C)NCc1cnc(Sc2cc(Cl)ccc2Cl)nc1. The molecule has 0 aliphatic rings. The average molecular weight is 328 g/mol. The topological polar surface area (TPSA) is 37.8 Å². The van der Waals surface area contributed by atoms with Crippen molar-refractivity contribution < 1.29 is 0 Å². The van der Waals surface area contributed by atoms with Gasteiger partial charge in [0.1, 0.15) is 0 Å². The minimum atomic E-state index is 0.439. The van der Waals surface area contributed by atoms with Gasteiger partial charge in [-0.15, -0.1) is 0 Å². The molecule has 0 saturated carbocycles. The largest absolute Gasteiger partial charge is 0.310 e.